The van der Waals surface area contributed by atoms with Crippen LogP contribution in [0.3, 0.4) is 0 Å². The monoisotopic (exact) mass is 496 g/mol. The van der Waals surface area contributed by atoms with Gasteiger partial charge in [0.25, 0.3) is 0 Å². The Morgan fingerprint density at radius 2 is 1.64 bits per heavy atom. The van der Waals surface area contributed by atoms with Crippen LogP contribution in [0, 0.1) is 23.7 Å². The molecule has 0 aromatic heterocycles. The maximum Gasteiger partial charge on any atom is 0.226 e. The standard InChI is InChI=1S/C28H40N4O4/c1-20(33)31-12-7-22(8-13-31)28(35)32-17-24-15-30(16-25(24)18-32)11-9-26(21-5-3-2-4-6-21)29-27(34)23-10-14-36-19-23/h2-6,22-26H,7-19H2,1H3,(H,29,34)/t23?,24?,25?,26-/m0/s1. The SMILES string of the molecule is CC(=O)N1CCC(C(=O)N2CC3CN(CC[C@H](NC(=O)C4CCOC4)c4ccccc4)CC3C2)CC1. The summed E-state index contributed by atoms with van der Waals surface area (Å²) in [6.07, 6.45) is 3.25. The van der Waals surface area contributed by atoms with Gasteiger partial charge < -0.3 is 24.8 Å². The molecule has 4 aliphatic rings. The zero-order valence-electron chi connectivity index (χ0n) is 21.4. The topological polar surface area (TPSA) is 82.2 Å². The highest BCUT2D eigenvalue weighted by molar-refractivity contribution is 5.80. The van der Waals surface area contributed by atoms with Crippen molar-refractivity contribution in [3.8, 4) is 0 Å². The number of nitrogens with zero attached hydrogens (tertiary/aromatic N) is 3. The van der Waals surface area contributed by atoms with E-state index in [-0.39, 0.29) is 29.7 Å². The Balaban J connectivity index is 1.10. The Bertz CT molecular complexity index is 913. The molecule has 36 heavy (non-hydrogen) atoms. The van der Waals surface area contributed by atoms with Gasteiger partial charge in [0.2, 0.25) is 17.7 Å². The summed E-state index contributed by atoms with van der Waals surface area (Å²) < 4.78 is 5.41. The first-order valence-corrected chi connectivity index (χ1v) is 13.7. The summed E-state index contributed by atoms with van der Waals surface area (Å²) in [6.45, 7) is 8.88. The van der Waals surface area contributed by atoms with Crippen LogP contribution in [0.4, 0.5) is 0 Å². The van der Waals surface area contributed by atoms with Gasteiger partial charge in [-0.1, -0.05) is 30.3 Å². The summed E-state index contributed by atoms with van der Waals surface area (Å²) >= 11 is 0. The van der Waals surface area contributed by atoms with Crippen LogP contribution < -0.4 is 5.32 Å². The van der Waals surface area contributed by atoms with Crippen LogP contribution >= 0.6 is 0 Å². The molecule has 1 N–H and O–H groups in total. The number of benzene rings is 1. The summed E-state index contributed by atoms with van der Waals surface area (Å²) in [4.78, 5) is 44.0. The normalized spacial score (nSPS) is 27.8. The van der Waals surface area contributed by atoms with Crippen molar-refractivity contribution in [2.75, 3.05) is 59.0 Å². The molecule has 1 aromatic rings. The molecule has 196 valence electrons. The number of carbonyl (C=O) groups excluding carboxylic acids is 3. The predicted octanol–water partition coefficient (Wildman–Crippen LogP) is 1.92. The van der Waals surface area contributed by atoms with Gasteiger partial charge in [-0.25, -0.2) is 0 Å². The summed E-state index contributed by atoms with van der Waals surface area (Å²) in [7, 11) is 0. The third-order valence-electron chi connectivity index (χ3n) is 8.72. The van der Waals surface area contributed by atoms with Gasteiger partial charge in [0, 0.05) is 65.3 Å². The molecule has 4 saturated heterocycles. The molecule has 8 heteroatoms. The van der Waals surface area contributed by atoms with E-state index >= 15 is 0 Å². The van der Waals surface area contributed by atoms with E-state index in [1.54, 1.807) is 6.92 Å². The van der Waals surface area contributed by atoms with E-state index in [0.717, 1.165) is 64.0 Å². The quantitative estimate of drug-likeness (QED) is 0.624. The first-order valence-electron chi connectivity index (χ1n) is 13.7. The number of hydrogen-bond donors (Lipinski definition) is 1. The molecule has 0 aliphatic carbocycles. The van der Waals surface area contributed by atoms with Crippen LogP contribution in [-0.2, 0) is 19.1 Å². The fourth-order valence-electron chi connectivity index (χ4n) is 6.50. The van der Waals surface area contributed by atoms with Crippen LogP contribution in [0.15, 0.2) is 30.3 Å². The van der Waals surface area contributed by atoms with Crippen LogP contribution in [0.5, 0.6) is 0 Å². The number of piperidine rings is 1. The van der Waals surface area contributed by atoms with E-state index in [9.17, 15) is 14.4 Å². The Hall–Kier alpha value is -2.45. The van der Waals surface area contributed by atoms with Crippen LogP contribution in [0.25, 0.3) is 0 Å². The third kappa shape index (κ3) is 5.75. The molecule has 8 nitrogen and oxygen atoms in total. The maximum atomic E-state index is 13.1. The molecular formula is C28H40N4O4. The Morgan fingerprint density at radius 3 is 2.25 bits per heavy atom. The van der Waals surface area contributed by atoms with Crippen molar-refractivity contribution in [1.82, 2.24) is 20.0 Å². The Morgan fingerprint density at radius 1 is 0.944 bits per heavy atom. The van der Waals surface area contributed by atoms with Crippen molar-refractivity contribution in [2.24, 2.45) is 23.7 Å². The van der Waals surface area contributed by atoms with Gasteiger partial charge in [0.05, 0.1) is 18.6 Å². The minimum atomic E-state index is -0.0411. The molecule has 0 spiro atoms. The lowest BCUT2D eigenvalue weighted by molar-refractivity contribution is -0.139. The minimum Gasteiger partial charge on any atom is -0.381 e. The van der Waals surface area contributed by atoms with Crippen LogP contribution in [0.1, 0.15) is 44.2 Å². The fraction of sp³-hybridized carbons (Fsp3) is 0.679. The van der Waals surface area contributed by atoms with Gasteiger partial charge in [0.1, 0.15) is 0 Å². The lowest BCUT2D eigenvalue weighted by Gasteiger charge is -2.33. The lowest BCUT2D eigenvalue weighted by atomic mass is 9.95. The molecule has 5 rings (SSSR count). The van der Waals surface area contributed by atoms with E-state index in [1.807, 2.05) is 23.1 Å². The smallest absolute Gasteiger partial charge is 0.226 e. The van der Waals surface area contributed by atoms with Crippen molar-refractivity contribution < 1.29 is 19.1 Å². The first-order chi connectivity index (χ1) is 17.5. The predicted molar refractivity (Wildman–Crippen MR) is 136 cm³/mol. The number of fused-ring (bicyclic) bond motifs is 1. The molecule has 3 amide bonds. The second-order valence-corrected chi connectivity index (χ2v) is 11.1. The highest BCUT2D eigenvalue weighted by Gasteiger charge is 2.43. The van der Waals surface area contributed by atoms with Crippen LogP contribution in [-0.4, -0.2) is 91.4 Å². The van der Waals surface area contributed by atoms with E-state index < -0.39 is 0 Å². The van der Waals surface area contributed by atoms with Gasteiger partial charge in [-0.15, -0.1) is 0 Å². The highest BCUT2D eigenvalue weighted by Crippen LogP contribution is 2.33. The van der Waals surface area contributed by atoms with Crippen molar-refractivity contribution in [3.63, 3.8) is 0 Å². The lowest BCUT2D eigenvalue weighted by Crippen LogP contribution is -2.44. The summed E-state index contributed by atoms with van der Waals surface area (Å²) in [5.74, 6) is 1.60. The number of nitrogens with one attached hydrogen (secondary N) is 1. The van der Waals surface area contributed by atoms with E-state index in [2.05, 4.69) is 27.2 Å². The Kier molecular flexibility index (Phi) is 7.91. The second-order valence-electron chi connectivity index (χ2n) is 11.1. The molecule has 0 radical (unpaired) electrons. The van der Waals surface area contributed by atoms with Gasteiger partial charge in [-0.3, -0.25) is 14.4 Å². The fourth-order valence-corrected chi connectivity index (χ4v) is 6.50. The van der Waals surface area contributed by atoms with Crippen molar-refractivity contribution >= 4 is 17.7 Å². The molecule has 4 heterocycles. The first kappa shape index (κ1) is 25.2. The molecule has 4 atom stereocenters. The largest absolute Gasteiger partial charge is 0.381 e. The van der Waals surface area contributed by atoms with Crippen molar-refractivity contribution in [2.45, 2.75) is 38.6 Å². The molecule has 1 aromatic carbocycles. The number of rotatable bonds is 7. The highest BCUT2D eigenvalue weighted by atomic mass is 16.5. The maximum absolute atomic E-state index is 13.1. The minimum absolute atomic E-state index is 0.00122. The van der Waals surface area contributed by atoms with Gasteiger partial charge in [-0.2, -0.15) is 0 Å². The molecule has 0 bridgehead atoms. The molecule has 4 aliphatic heterocycles. The number of carbonyl (C=O) groups is 3. The third-order valence-corrected chi connectivity index (χ3v) is 8.72. The van der Waals surface area contributed by atoms with Crippen LogP contribution in [0.2, 0.25) is 0 Å². The summed E-state index contributed by atoms with van der Waals surface area (Å²) in [5.41, 5.74) is 1.15. The summed E-state index contributed by atoms with van der Waals surface area (Å²) in [6, 6.07) is 10.3. The zero-order valence-corrected chi connectivity index (χ0v) is 21.4. The van der Waals surface area contributed by atoms with E-state index in [4.69, 9.17) is 4.74 Å². The number of hydrogen-bond acceptors (Lipinski definition) is 5. The molecule has 4 fully saturated rings. The van der Waals surface area contributed by atoms with Crippen molar-refractivity contribution in [1.29, 1.82) is 0 Å². The van der Waals surface area contributed by atoms with Gasteiger partial charge in [0.15, 0.2) is 0 Å². The summed E-state index contributed by atoms with van der Waals surface area (Å²) in [5, 5.41) is 3.29. The molecular weight excluding hydrogens is 456 g/mol. The zero-order chi connectivity index (χ0) is 25.1. The van der Waals surface area contributed by atoms with E-state index in [1.165, 1.54) is 0 Å². The average Bonchev–Trinajstić information content (AvgIpc) is 3.64. The van der Waals surface area contributed by atoms with E-state index in [0.29, 0.717) is 44.0 Å². The molecule has 3 unspecified atom stereocenters. The number of ether oxygens (including phenoxy) is 1. The Labute approximate surface area is 214 Å². The molecule has 0 saturated carbocycles. The number of amides is 3. The van der Waals surface area contributed by atoms with Crippen molar-refractivity contribution in [3.05, 3.63) is 35.9 Å². The van der Waals surface area contributed by atoms with Gasteiger partial charge >= 0.3 is 0 Å². The second kappa shape index (κ2) is 11.3. The number of likely N-dealkylation sites (tertiary alicyclic amines) is 3. The average molecular weight is 497 g/mol. The van der Waals surface area contributed by atoms with Gasteiger partial charge in [-0.05, 0) is 43.1 Å².